The molecule has 0 spiro atoms. The molecule has 0 aromatic carbocycles. The molecule has 0 rings (SSSR count). The van der Waals surface area contributed by atoms with Crippen LogP contribution < -0.4 is 0 Å². The lowest BCUT2D eigenvalue weighted by Gasteiger charge is -2.20. The van der Waals surface area contributed by atoms with Crippen LogP contribution in [0.2, 0.25) is 0 Å². The van der Waals surface area contributed by atoms with Crippen LogP contribution in [0.4, 0.5) is 0 Å². The number of ether oxygens (including phenoxy) is 2. The average Bonchev–Trinajstić information content (AvgIpc) is 3.26. The Morgan fingerprint density at radius 3 is 1.05 bits per heavy atom. The number of phosphoric acid groups is 1. The molecule has 0 radical (unpaired) electrons. The third kappa shape index (κ3) is 48.9. The van der Waals surface area contributed by atoms with Crippen molar-refractivity contribution in [3.63, 3.8) is 0 Å². The summed E-state index contributed by atoms with van der Waals surface area (Å²) in [6, 6.07) is 0. The van der Waals surface area contributed by atoms with Gasteiger partial charge in [-0.15, -0.1) is 0 Å². The van der Waals surface area contributed by atoms with Crippen LogP contribution in [0.15, 0.2) is 0 Å². The minimum absolute atomic E-state index is 0.0582. The number of esters is 1. The predicted octanol–water partition coefficient (Wildman–Crippen LogP) is 15.8. The first-order chi connectivity index (χ1) is 30.3. The van der Waals surface area contributed by atoms with E-state index in [9.17, 15) is 19.4 Å². The molecule has 0 saturated heterocycles. The summed E-state index contributed by atoms with van der Waals surface area (Å²) in [5, 5.41) is 18.4. The number of carbonyl (C=O) groups is 1. The normalized spacial score (nSPS) is 13.7. The Hall–Kier alpha value is -0.540. The molecule has 0 amide bonds. The van der Waals surface area contributed by atoms with E-state index in [2.05, 4.69) is 13.8 Å². The van der Waals surface area contributed by atoms with E-state index in [1.54, 1.807) is 0 Å². The van der Waals surface area contributed by atoms with E-state index in [-0.39, 0.29) is 25.6 Å². The zero-order valence-corrected chi connectivity index (χ0v) is 42.0. The Morgan fingerprint density at radius 2 is 0.726 bits per heavy atom. The quantitative estimate of drug-likeness (QED) is 0.0310. The van der Waals surface area contributed by atoms with Gasteiger partial charge in [0.2, 0.25) is 0 Å². The maximum absolute atomic E-state index is 12.7. The number of carbonyl (C=O) groups excluding carboxylic acids is 1. The summed E-state index contributed by atoms with van der Waals surface area (Å²) in [5.74, 6) is -0.373. The highest BCUT2D eigenvalue weighted by Crippen LogP contribution is 2.43. The standard InChI is InChI=1S/C52H105O9P/c1-3-5-7-9-11-13-15-17-18-19-20-21-22-23-24-25-26-27-28-29-30-31-32-33-34-36-38-40-42-44-52(55)61-51(49-60-62(56,57)59-47-50(54)46-53)48-58-45-43-41-39-37-35-16-14-12-10-8-6-4-2/h50-51,53-54H,3-49H2,1-2H3,(H,56,57)/t50-,51+/m0/s1. The lowest BCUT2D eigenvalue weighted by molar-refractivity contribution is -0.154. The predicted molar refractivity (Wildman–Crippen MR) is 261 cm³/mol. The van der Waals surface area contributed by atoms with Crippen LogP contribution in [-0.4, -0.2) is 66.3 Å². The number of unbranched alkanes of at least 4 members (excludes halogenated alkanes) is 39. The van der Waals surface area contributed by atoms with Gasteiger partial charge >= 0.3 is 13.8 Å². The lowest BCUT2D eigenvalue weighted by atomic mass is 10.0. The van der Waals surface area contributed by atoms with E-state index >= 15 is 0 Å². The average molecular weight is 905 g/mol. The summed E-state index contributed by atoms with van der Waals surface area (Å²) in [7, 11) is -4.51. The third-order valence-electron chi connectivity index (χ3n) is 12.3. The van der Waals surface area contributed by atoms with Crippen molar-refractivity contribution in [3.05, 3.63) is 0 Å². The highest BCUT2D eigenvalue weighted by atomic mass is 31.2. The Balaban J connectivity index is 3.85. The monoisotopic (exact) mass is 905 g/mol. The van der Waals surface area contributed by atoms with Crippen LogP contribution in [-0.2, 0) is 27.9 Å². The Labute approximate surface area is 384 Å². The molecule has 0 aliphatic heterocycles. The van der Waals surface area contributed by atoms with Gasteiger partial charge in [0.05, 0.1) is 26.4 Å². The molecule has 62 heavy (non-hydrogen) atoms. The van der Waals surface area contributed by atoms with Crippen molar-refractivity contribution in [1.82, 2.24) is 0 Å². The SMILES string of the molecule is CCCCCCCCCCCCCCCCCCCCCCCCCCCCCCCC(=O)O[C@H](COCCCCCCCCCCCCCC)COP(=O)(O)OC[C@@H](O)CO. The Bertz CT molecular complexity index is 938. The second-order valence-corrected chi connectivity index (χ2v) is 20.1. The van der Waals surface area contributed by atoms with Crippen LogP contribution in [0, 0.1) is 0 Å². The fourth-order valence-corrected chi connectivity index (χ4v) is 8.97. The minimum Gasteiger partial charge on any atom is -0.457 e. The van der Waals surface area contributed by atoms with Gasteiger partial charge in [-0.3, -0.25) is 13.8 Å². The summed E-state index contributed by atoms with van der Waals surface area (Å²) < 4.78 is 33.5. The van der Waals surface area contributed by atoms with Crippen molar-refractivity contribution >= 4 is 13.8 Å². The summed E-state index contributed by atoms with van der Waals surface area (Å²) in [5.41, 5.74) is 0. The van der Waals surface area contributed by atoms with Gasteiger partial charge < -0.3 is 24.6 Å². The molecule has 1 unspecified atom stereocenters. The van der Waals surface area contributed by atoms with E-state index in [0.717, 1.165) is 32.1 Å². The highest BCUT2D eigenvalue weighted by molar-refractivity contribution is 7.47. The first kappa shape index (κ1) is 61.5. The summed E-state index contributed by atoms with van der Waals surface area (Å²) in [4.78, 5) is 22.7. The Morgan fingerprint density at radius 1 is 0.435 bits per heavy atom. The van der Waals surface area contributed by atoms with Gasteiger partial charge in [-0.05, 0) is 12.8 Å². The fraction of sp³-hybridized carbons (Fsp3) is 0.981. The smallest absolute Gasteiger partial charge is 0.457 e. The van der Waals surface area contributed by atoms with Crippen molar-refractivity contribution < 1.29 is 43.0 Å². The third-order valence-corrected chi connectivity index (χ3v) is 13.2. The van der Waals surface area contributed by atoms with Crippen molar-refractivity contribution in [3.8, 4) is 0 Å². The molecular formula is C52H105O9P. The van der Waals surface area contributed by atoms with E-state index < -0.39 is 33.2 Å². The minimum atomic E-state index is -4.51. The maximum atomic E-state index is 12.7. The number of aliphatic hydroxyl groups is 2. The van der Waals surface area contributed by atoms with E-state index in [0.29, 0.717) is 6.61 Å². The number of aliphatic hydroxyl groups excluding tert-OH is 2. The number of rotatable bonds is 53. The van der Waals surface area contributed by atoms with E-state index in [4.69, 9.17) is 23.6 Å². The Kier molecular flexibility index (Phi) is 49.5. The zero-order chi connectivity index (χ0) is 45.3. The molecule has 0 bridgehead atoms. The van der Waals surface area contributed by atoms with Crippen LogP contribution in [0.3, 0.4) is 0 Å². The van der Waals surface area contributed by atoms with Gasteiger partial charge in [-0.25, -0.2) is 4.57 Å². The molecule has 3 atom stereocenters. The second kappa shape index (κ2) is 49.9. The molecule has 0 saturated carbocycles. The first-order valence-corrected chi connectivity index (χ1v) is 28.5. The van der Waals surface area contributed by atoms with E-state index in [1.165, 1.54) is 231 Å². The summed E-state index contributed by atoms with van der Waals surface area (Å²) in [6.07, 6.45) is 52.4. The molecule has 372 valence electrons. The van der Waals surface area contributed by atoms with Gasteiger partial charge in [0.15, 0.2) is 0 Å². The fourth-order valence-electron chi connectivity index (χ4n) is 8.18. The van der Waals surface area contributed by atoms with E-state index in [1.807, 2.05) is 0 Å². The molecule has 0 heterocycles. The molecule has 3 N–H and O–H groups in total. The van der Waals surface area contributed by atoms with Gasteiger partial charge in [0.25, 0.3) is 0 Å². The van der Waals surface area contributed by atoms with Crippen molar-refractivity contribution in [2.75, 3.05) is 33.0 Å². The summed E-state index contributed by atoms with van der Waals surface area (Å²) in [6.45, 7) is 3.59. The van der Waals surface area contributed by atoms with Crippen LogP contribution >= 0.6 is 7.82 Å². The largest absolute Gasteiger partial charge is 0.472 e. The molecule has 10 heteroatoms. The lowest BCUT2D eigenvalue weighted by Crippen LogP contribution is -2.29. The molecule has 9 nitrogen and oxygen atoms in total. The first-order valence-electron chi connectivity index (χ1n) is 27.0. The van der Waals surface area contributed by atoms with Crippen molar-refractivity contribution in [1.29, 1.82) is 0 Å². The highest BCUT2D eigenvalue weighted by Gasteiger charge is 2.26. The molecule has 0 fully saturated rings. The van der Waals surface area contributed by atoms with Crippen LogP contribution in [0.1, 0.15) is 284 Å². The molecule has 0 aliphatic rings. The molecule has 0 aromatic heterocycles. The van der Waals surface area contributed by atoms with Crippen LogP contribution in [0.5, 0.6) is 0 Å². The topological polar surface area (TPSA) is 132 Å². The van der Waals surface area contributed by atoms with Gasteiger partial charge in [-0.1, -0.05) is 264 Å². The maximum Gasteiger partial charge on any atom is 0.472 e. The van der Waals surface area contributed by atoms with Crippen molar-refractivity contribution in [2.45, 2.75) is 296 Å². The second-order valence-electron chi connectivity index (χ2n) is 18.6. The molecule has 0 aliphatic carbocycles. The number of hydrogen-bond acceptors (Lipinski definition) is 8. The van der Waals surface area contributed by atoms with Crippen LogP contribution in [0.25, 0.3) is 0 Å². The number of phosphoric ester groups is 1. The van der Waals surface area contributed by atoms with Crippen molar-refractivity contribution in [2.24, 2.45) is 0 Å². The summed E-state index contributed by atoms with van der Waals surface area (Å²) >= 11 is 0. The van der Waals surface area contributed by atoms with Gasteiger partial charge in [0, 0.05) is 13.0 Å². The zero-order valence-electron chi connectivity index (χ0n) is 41.1. The van der Waals surface area contributed by atoms with Gasteiger partial charge in [-0.2, -0.15) is 0 Å². The number of hydrogen-bond donors (Lipinski definition) is 3. The molecule has 0 aromatic rings. The molecular weight excluding hydrogens is 800 g/mol. The van der Waals surface area contributed by atoms with Gasteiger partial charge in [0.1, 0.15) is 12.2 Å².